The maximum Gasteiger partial charge on any atom is 0.263 e. The minimum Gasteiger partial charge on any atom is -0.390 e. The van der Waals surface area contributed by atoms with Crippen molar-refractivity contribution in [1.82, 2.24) is 9.55 Å². The summed E-state index contributed by atoms with van der Waals surface area (Å²) in [6, 6.07) is 1.05. The number of hydrogen-bond donors (Lipinski definition) is 3. The van der Waals surface area contributed by atoms with E-state index in [9.17, 15) is 18.7 Å². The molecule has 1 fully saturated rings. The van der Waals surface area contributed by atoms with Gasteiger partial charge in [0.15, 0.2) is 22.8 Å². The van der Waals surface area contributed by atoms with Crippen molar-refractivity contribution in [2.45, 2.75) is 30.8 Å². The Bertz CT molecular complexity index is 602. The highest BCUT2D eigenvalue weighted by Crippen LogP contribution is 2.47. The van der Waals surface area contributed by atoms with E-state index in [4.69, 9.17) is 22.1 Å². The van der Waals surface area contributed by atoms with Crippen LogP contribution in [-0.4, -0.2) is 44.0 Å². The third-order valence-electron chi connectivity index (χ3n) is 3.05. The number of aromatic nitrogens is 2. The molecule has 2 heterocycles. The number of nitrogens with zero attached hydrogens (tertiary/aromatic N) is 1. The number of hydrogen-bond acceptors (Lipinski definition) is 5. The zero-order valence-corrected chi connectivity index (χ0v) is 10.7. The van der Waals surface area contributed by atoms with Gasteiger partial charge < -0.3 is 14.9 Å². The number of aliphatic hydroxyl groups excluding tert-OH is 2. The zero-order chi connectivity index (χ0) is 14.4. The molecule has 1 aliphatic rings. The van der Waals surface area contributed by atoms with Crippen molar-refractivity contribution in [1.29, 1.82) is 0 Å². The Morgan fingerprint density at radius 3 is 2.74 bits per heavy atom. The van der Waals surface area contributed by atoms with Gasteiger partial charge in [-0.05, 0) is 19.1 Å². The lowest BCUT2D eigenvalue weighted by atomic mass is 9.97. The van der Waals surface area contributed by atoms with E-state index in [1.165, 1.54) is 0 Å². The molecular formula is C10H12F2N2O4S. The molecule has 9 heteroatoms. The standard InChI is InChI=1S/C10H12F2N2O4S/c1-9(11)6(17)10(12,4-15)18-7(9)14-3-2-5(16)13-8(14)19/h2-3,6-7,15,17H,4H2,1H3,(H,13,16,19)/t6?,7-,9-,10-/m1/s1. The molecule has 4 atom stereocenters. The van der Waals surface area contributed by atoms with Crippen LogP contribution < -0.4 is 5.56 Å². The van der Waals surface area contributed by atoms with Gasteiger partial charge in [0.1, 0.15) is 6.61 Å². The van der Waals surface area contributed by atoms with Gasteiger partial charge in [0.2, 0.25) is 0 Å². The number of nitrogens with one attached hydrogen (secondary N) is 1. The van der Waals surface area contributed by atoms with Gasteiger partial charge in [-0.1, -0.05) is 0 Å². The molecule has 1 aromatic heterocycles. The summed E-state index contributed by atoms with van der Waals surface area (Å²) in [6.07, 6.45) is -2.67. The Balaban J connectivity index is 2.51. The largest absolute Gasteiger partial charge is 0.390 e. The first kappa shape index (κ1) is 14.3. The molecular weight excluding hydrogens is 282 g/mol. The molecule has 0 radical (unpaired) electrons. The van der Waals surface area contributed by atoms with E-state index in [0.717, 1.165) is 23.8 Å². The first-order valence-corrected chi connectivity index (χ1v) is 5.79. The highest BCUT2D eigenvalue weighted by molar-refractivity contribution is 7.71. The molecule has 0 aromatic carbocycles. The van der Waals surface area contributed by atoms with Crippen molar-refractivity contribution in [3.8, 4) is 0 Å². The second-order valence-electron chi connectivity index (χ2n) is 4.49. The maximum atomic E-state index is 14.4. The predicted octanol–water partition coefficient (Wildman–Crippen LogP) is 0.182. The average molecular weight is 294 g/mol. The van der Waals surface area contributed by atoms with Crippen LogP contribution in [0.5, 0.6) is 0 Å². The lowest BCUT2D eigenvalue weighted by molar-refractivity contribution is -0.207. The number of rotatable bonds is 2. The van der Waals surface area contributed by atoms with Crippen LogP contribution in [0.25, 0.3) is 0 Å². The first-order chi connectivity index (χ1) is 8.72. The van der Waals surface area contributed by atoms with Gasteiger partial charge in [-0.15, -0.1) is 0 Å². The molecule has 0 aliphatic carbocycles. The van der Waals surface area contributed by atoms with Gasteiger partial charge in [-0.25, -0.2) is 8.78 Å². The molecule has 0 saturated carbocycles. The lowest BCUT2D eigenvalue weighted by Gasteiger charge is -2.25. The molecule has 106 valence electrons. The van der Waals surface area contributed by atoms with E-state index >= 15 is 0 Å². The molecule has 19 heavy (non-hydrogen) atoms. The van der Waals surface area contributed by atoms with Crippen LogP contribution in [0.1, 0.15) is 13.2 Å². The smallest absolute Gasteiger partial charge is 0.263 e. The SMILES string of the molecule is C[C@@]1(F)C(O)[C@@](F)(CO)O[C@H]1n1ccc(=O)[nH]c1=S. The summed E-state index contributed by atoms with van der Waals surface area (Å²) in [6.45, 7) is -0.285. The molecule has 0 spiro atoms. The van der Waals surface area contributed by atoms with Crippen molar-refractivity contribution in [2.75, 3.05) is 6.61 Å². The number of H-pyrrole nitrogens is 1. The molecule has 0 amide bonds. The van der Waals surface area contributed by atoms with Crippen LogP contribution in [0, 0.1) is 4.77 Å². The maximum absolute atomic E-state index is 14.4. The van der Waals surface area contributed by atoms with Crippen molar-refractivity contribution in [3.05, 3.63) is 27.4 Å². The minimum atomic E-state index is -2.93. The summed E-state index contributed by atoms with van der Waals surface area (Å²) in [5.41, 5.74) is -3.04. The van der Waals surface area contributed by atoms with E-state index < -0.39 is 36.0 Å². The quantitative estimate of drug-likeness (QED) is 0.677. The number of ether oxygens (including phenoxy) is 1. The summed E-state index contributed by atoms with van der Waals surface area (Å²) in [7, 11) is 0. The van der Waals surface area contributed by atoms with E-state index in [1.807, 2.05) is 0 Å². The average Bonchev–Trinajstić information content (AvgIpc) is 2.51. The van der Waals surface area contributed by atoms with Gasteiger partial charge in [0.25, 0.3) is 11.4 Å². The summed E-state index contributed by atoms with van der Waals surface area (Å²) in [4.78, 5) is 13.3. The monoisotopic (exact) mass is 294 g/mol. The number of aromatic amines is 1. The normalized spacial score (nSPS) is 38.6. The van der Waals surface area contributed by atoms with E-state index in [-0.39, 0.29) is 4.77 Å². The fraction of sp³-hybridized carbons (Fsp3) is 0.600. The molecule has 3 N–H and O–H groups in total. The first-order valence-electron chi connectivity index (χ1n) is 5.38. The van der Waals surface area contributed by atoms with E-state index in [2.05, 4.69) is 4.98 Å². The van der Waals surface area contributed by atoms with Crippen molar-refractivity contribution in [2.24, 2.45) is 0 Å². The van der Waals surface area contributed by atoms with Crippen LogP contribution in [-0.2, 0) is 4.74 Å². The van der Waals surface area contributed by atoms with Crippen LogP contribution in [0.15, 0.2) is 17.1 Å². The van der Waals surface area contributed by atoms with Crippen LogP contribution in [0.3, 0.4) is 0 Å². The third kappa shape index (κ3) is 2.12. The van der Waals surface area contributed by atoms with Gasteiger partial charge >= 0.3 is 0 Å². The molecule has 1 aliphatic heterocycles. The summed E-state index contributed by atoms with van der Waals surface area (Å²) in [5.74, 6) is -2.93. The fourth-order valence-electron chi connectivity index (χ4n) is 1.99. The Morgan fingerprint density at radius 1 is 1.63 bits per heavy atom. The van der Waals surface area contributed by atoms with Crippen LogP contribution in [0.4, 0.5) is 8.78 Å². The zero-order valence-electron chi connectivity index (χ0n) is 9.84. The molecule has 2 rings (SSSR count). The highest BCUT2D eigenvalue weighted by atomic mass is 32.1. The second kappa shape index (κ2) is 4.44. The third-order valence-corrected chi connectivity index (χ3v) is 3.37. The molecule has 1 aromatic rings. The number of aliphatic hydroxyl groups is 2. The van der Waals surface area contributed by atoms with Gasteiger partial charge in [-0.2, -0.15) is 0 Å². The van der Waals surface area contributed by atoms with Gasteiger partial charge in [0, 0.05) is 12.3 Å². The van der Waals surface area contributed by atoms with Crippen molar-refractivity contribution in [3.63, 3.8) is 0 Å². The Hall–Kier alpha value is -1.16. The lowest BCUT2D eigenvalue weighted by Crippen LogP contribution is -2.46. The van der Waals surface area contributed by atoms with Crippen molar-refractivity contribution < 1.29 is 23.7 Å². The van der Waals surface area contributed by atoms with Crippen LogP contribution >= 0.6 is 12.2 Å². The van der Waals surface area contributed by atoms with Gasteiger partial charge in [0.05, 0.1) is 0 Å². The molecule has 1 unspecified atom stereocenters. The fourth-order valence-corrected chi connectivity index (χ4v) is 2.24. The second-order valence-corrected chi connectivity index (χ2v) is 4.87. The Kier molecular flexibility index (Phi) is 3.33. The Labute approximate surface area is 111 Å². The van der Waals surface area contributed by atoms with Gasteiger partial charge in [-0.3, -0.25) is 14.3 Å². The summed E-state index contributed by atoms with van der Waals surface area (Å²) < 4.78 is 34.0. The predicted molar refractivity (Wildman–Crippen MR) is 62.5 cm³/mol. The number of halogens is 2. The van der Waals surface area contributed by atoms with E-state index in [0.29, 0.717) is 0 Å². The summed E-state index contributed by atoms with van der Waals surface area (Å²) >= 11 is 4.82. The topological polar surface area (TPSA) is 87.5 Å². The molecule has 1 saturated heterocycles. The molecule has 6 nitrogen and oxygen atoms in total. The minimum absolute atomic E-state index is 0.184. The number of alkyl halides is 2. The van der Waals surface area contributed by atoms with Crippen LogP contribution in [0.2, 0.25) is 0 Å². The van der Waals surface area contributed by atoms with E-state index in [1.54, 1.807) is 0 Å². The molecule has 0 bridgehead atoms. The Morgan fingerprint density at radius 2 is 2.26 bits per heavy atom. The van der Waals surface area contributed by atoms with Crippen molar-refractivity contribution >= 4 is 12.2 Å². The summed E-state index contributed by atoms with van der Waals surface area (Å²) in [5, 5.41) is 18.5. The highest BCUT2D eigenvalue weighted by Gasteiger charge is 2.64.